The van der Waals surface area contributed by atoms with Crippen LogP contribution >= 0.6 is 12.6 Å². The van der Waals surface area contributed by atoms with Gasteiger partial charge in [0, 0.05) is 18.8 Å². The van der Waals surface area contributed by atoms with Crippen LogP contribution in [0, 0.1) is 5.92 Å². The highest BCUT2D eigenvalue weighted by Crippen LogP contribution is 2.20. The number of hydrogen-bond acceptors (Lipinski definition) is 2. The van der Waals surface area contributed by atoms with Crippen LogP contribution in [-0.2, 0) is 17.8 Å². The Morgan fingerprint density at radius 3 is 2.36 bits per heavy atom. The summed E-state index contributed by atoms with van der Waals surface area (Å²) in [6.45, 7) is 3.63. The molecule has 0 N–H and O–H groups in total. The zero-order valence-electron chi connectivity index (χ0n) is 16.6. The minimum Gasteiger partial charge on any atom is -0.338 e. The van der Waals surface area contributed by atoms with Crippen LogP contribution in [0.15, 0.2) is 72.8 Å². The molecule has 3 aromatic rings. The van der Waals surface area contributed by atoms with Gasteiger partial charge in [0.1, 0.15) is 0 Å². The topological polar surface area (TPSA) is 20.3 Å². The van der Waals surface area contributed by atoms with Crippen molar-refractivity contribution in [2.75, 3.05) is 12.3 Å². The van der Waals surface area contributed by atoms with Crippen LogP contribution in [0.2, 0.25) is 0 Å². The maximum atomic E-state index is 13.3. The molecule has 146 valence electrons. The number of thiol groups is 1. The van der Waals surface area contributed by atoms with Crippen molar-refractivity contribution in [2.24, 2.45) is 5.92 Å². The lowest BCUT2D eigenvalue weighted by molar-refractivity contribution is -0.135. The van der Waals surface area contributed by atoms with Gasteiger partial charge in [0.25, 0.3) is 0 Å². The molecule has 0 spiro atoms. The summed E-state index contributed by atoms with van der Waals surface area (Å²) in [4.78, 5) is 15.3. The van der Waals surface area contributed by atoms with E-state index in [-0.39, 0.29) is 11.8 Å². The van der Waals surface area contributed by atoms with Gasteiger partial charge in [-0.15, -0.1) is 0 Å². The molecule has 0 fully saturated rings. The molecule has 0 bridgehead atoms. The number of carbonyl (C=O) groups excluding carboxylic acids is 1. The molecule has 0 saturated carbocycles. The summed E-state index contributed by atoms with van der Waals surface area (Å²) in [7, 11) is 0. The number of rotatable bonds is 9. The summed E-state index contributed by atoms with van der Waals surface area (Å²) in [5, 5.41) is 2.45. The van der Waals surface area contributed by atoms with Crippen LogP contribution in [0.1, 0.15) is 30.9 Å². The molecule has 3 heteroatoms. The average molecular weight is 392 g/mol. The Morgan fingerprint density at radius 1 is 0.929 bits per heavy atom. The molecule has 3 aromatic carbocycles. The van der Waals surface area contributed by atoms with Gasteiger partial charge in [-0.2, -0.15) is 12.6 Å². The van der Waals surface area contributed by atoms with Crippen molar-refractivity contribution >= 4 is 29.3 Å². The van der Waals surface area contributed by atoms with Crippen molar-refractivity contribution in [1.82, 2.24) is 4.90 Å². The SMILES string of the molecule is CCCCN(Cc1ccccc1)C(=O)C(CS)Cc1ccc2ccccc2c1. The summed E-state index contributed by atoms with van der Waals surface area (Å²) in [5.74, 6) is 0.661. The fourth-order valence-corrected chi connectivity index (χ4v) is 3.84. The Kier molecular flexibility index (Phi) is 7.55. The maximum absolute atomic E-state index is 13.3. The molecule has 3 rings (SSSR count). The van der Waals surface area contributed by atoms with Crippen molar-refractivity contribution in [3.05, 3.63) is 83.9 Å². The molecule has 2 nitrogen and oxygen atoms in total. The van der Waals surface area contributed by atoms with Gasteiger partial charge in [-0.3, -0.25) is 4.79 Å². The van der Waals surface area contributed by atoms with Crippen LogP contribution in [0.3, 0.4) is 0 Å². The lowest BCUT2D eigenvalue weighted by Crippen LogP contribution is -2.38. The molecular weight excluding hydrogens is 362 g/mol. The molecule has 1 atom stereocenters. The number of unbranched alkanes of at least 4 members (excludes halogenated alkanes) is 1. The van der Waals surface area contributed by atoms with Crippen LogP contribution in [0.25, 0.3) is 10.8 Å². The van der Waals surface area contributed by atoms with Crippen LogP contribution in [0.5, 0.6) is 0 Å². The van der Waals surface area contributed by atoms with Crippen molar-refractivity contribution < 1.29 is 4.79 Å². The molecule has 28 heavy (non-hydrogen) atoms. The molecule has 1 amide bonds. The Bertz CT molecular complexity index is 893. The van der Waals surface area contributed by atoms with Crippen molar-refractivity contribution in [3.8, 4) is 0 Å². The van der Waals surface area contributed by atoms with E-state index in [1.54, 1.807) is 0 Å². The van der Waals surface area contributed by atoms with E-state index in [0.29, 0.717) is 12.3 Å². The maximum Gasteiger partial charge on any atom is 0.227 e. The van der Waals surface area contributed by atoms with E-state index in [9.17, 15) is 4.79 Å². The summed E-state index contributed by atoms with van der Waals surface area (Å²) >= 11 is 4.52. The molecule has 0 aliphatic heterocycles. The minimum atomic E-state index is -0.106. The van der Waals surface area contributed by atoms with Crippen molar-refractivity contribution in [3.63, 3.8) is 0 Å². The fourth-order valence-electron chi connectivity index (χ4n) is 3.56. The average Bonchev–Trinajstić information content (AvgIpc) is 2.75. The normalized spacial score (nSPS) is 12.1. The van der Waals surface area contributed by atoms with Gasteiger partial charge >= 0.3 is 0 Å². The molecular formula is C25H29NOS. The van der Waals surface area contributed by atoms with Gasteiger partial charge in [-0.25, -0.2) is 0 Å². The first-order valence-electron chi connectivity index (χ1n) is 10.1. The third-order valence-corrected chi connectivity index (χ3v) is 5.62. The standard InChI is InChI=1S/C25H29NOS/c1-2-3-15-26(18-20-9-5-4-6-10-20)25(27)24(19-28)17-21-13-14-22-11-7-8-12-23(22)16-21/h4-14,16,24,28H,2-3,15,17-19H2,1H3. The summed E-state index contributed by atoms with van der Waals surface area (Å²) in [6.07, 6.45) is 2.83. The van der Waals surface area contributed by atoms with Crippen LogP contribution in [0.4, 0.5) is 0 Å². The largest absolute Gasteiger partial charge is 0.338 e. The van der Waals surface area contributed by atoms with Gasteiger partial charge in [-0.1, -0.05) is 86.1 Å². The number of amides is 1. The van der Waals surface area contributed by atoms with Gasteiger partial charge in [0.2, 0.25) is 5.91 Å². The van der Waals surface area contributed by atoms with E-state index in [4.69, 9.17) is 0 Å². The predicted molar refractivity (Wildman–Crippen MR) is 122 cm³/mol. The highest BCUT2D eigenvalue weighted by atomic mass is 32.1. The highest BCUT2D eigenvalue weighted by molar-refractivity contribution is 7.80. The van der Waals surface area contributed by atoms with E-state index in [1.807, 2.05) is 23.1 Å². The molecule has 0 heterocycles. The fraction of sp³-hybridized carbons (Fsp3) is 0.320. The first kappa shape index (κ1) is 20.5. The molecule has 0 radical (unpaired) electrons. The number of benzene rings is 3. The minimum absolute atomic E-state index is 0.106. The smallest absolute Gasteiger partial charge is 0.227 e. The molecule has 0 saturated heterocycles. The van der Waals surface area contributed by atoms with Gasteiger partial charge < -0.3 is 4.90 Å². The van der Waals surface area contributed by atoms with E-state index in [0.717, 1.165) is 25.8 Å². The van der Waals surface area contributed by atoms with E-state index >= 15 is 0 Å². The second kappa shape index (κ2) is 10.3. The Hall–Kier alpha value is -2.26. The van der Waals surface area contributed by atoms with Gasteiger partial charge in [0.15, 0.2) is 0 Å². The summed E-state index contributed by atoms with van der Waals surface area (Å²) in [5.41, 5.74) is 2.37. The Balaban J connectivity index is 1.75. The third-order valence-electron chi connectivity index (χ3n) is 5.18. The monoisotopic (exact) mass is 391 g/mol. The Morgan fingerprint density at radius 2 is 1.64 bits per heavy atom. The second-order valence-electron chi connectivity index (χ2n) is 7.36. The first-order valence-corrected chi connectivity index (χ1v) is 10.8. The van der Waals surface area contributed by atoms with E-state index < -0.39 is 0 Å². The van der Waals surface area contributed by atoms with Crippen molar-refractivity contribution in [2.45, 2.75) is 32.7 Å². The number of fused-ring (bicyclic) bond motifs is 1. The van der Waals surface area contributed by atoms with Gasteiger partial charge in [0.05, 0.1) is 5.92 Å². The zero-order chi connectivity index (χ0) is 19.8. The van der Waals surface area contributed by atoms with Crippen LogP contribution < -0.4 is 0 Å². The predicted octanol–water partition coefficient (Wildman–Crippen LogP) is 5.76. The highest BCUT2D eigenvalue weighted by Gasteiger charge is 2.23. The first-order chi connectivity index (χ1) is 13.7. The summed E-state index contributed by atoms with van der Waals surface area (Å²) < 4.78 is 0. The third kappa shape index (κ3) is 5.39. The lowest BCUT2D eigenvalue weighted by Gasteiger charge is -2.27. The molecule has 0 aliphatic rings. The molecule has 0 aromatic heterocycles. The number of carbonyl (C=O) groups is 1. The van der Waals surface area contributed by atoms with Crippen LogP contribution in [-0.4, -0.2) is 23.1 Å². The summed E-state index contributed by atoms with van der Waals surface area (Å²) in [6, 6.07) is 25.1. The quantitative estimate of drug-likeness (QED) is 0.460. The van der Waals surface area contributed by atoms with Gasteiger partial charge in [-0.05, 0) is 34.7 Å². The number of hydrogen-bond donors (Lipinski definition) is 1. The zero-order valence-corrected chi connectivity index (χ0v) is 17.4. The number of nitrogens with zero attached hydrogens (tertiary/aromatic N) is 1. The van der Waals surface area contributed by atoms with Crippen molar-refractivity contribution in [1.29, 1.82) is 0 Å². The van der Waals surface area contributed by atoms with E-state index in [1.165, 1.54) is 21.9 Å². The van der Waals surface area contributed by atoms with E-state index in [2.05, 4.69) is 74.1 Å². The molecule has 1 unspecified atom stereocenters. The molecule has 0 aliphatic carbocycles. The Labute approximate surface area is 174 Å². The lowest BCUT2D eigenvalue weighted by atomic mass is 9.97. The second-order valence-corrected chi connectivity index (χ2v) is 7.73.